The van der Waals surface area contributed by atoms with Gasteiger partial charge < -0.3 is 9.15 Å². The minimum absolute atomic E-state index is 0.0435. The second-order valence-corrected chi connectivity index (χ2v) is 6.49. The van der Waals surface area contributed by atoms with Crippen LogP contribution in [-0.4, -0.2) is 11.9 Å². The molecule has 134 valence electrons. The number of nitrogens with zero attached hydrogens (tertiary/aromatic N) is 1. The summed E-state index contributed by atoms with van der Waals surface area (Å²) in [5.41, 5.74) is 1.18. The summed E-state index contributed by atoms with van der Waals surface area (Å²) in [6.07, 6.45) is 1.45. The fourth-order valence-electron chi connectivity index (χ4n) is 2.52. The highest BCUT2D eigenvalue weighted by molar-refractivity contribution is 6.42. The van der Waals surface area contributed by atoms with Crippen molar-refractivity contribution in [3.05, 3.63) is 87.5 Å². The molecule has 2 heterocycles. The normalized spacial score (nSPS) is 15.1. The first-order valence-electron chi connectivity index (χ1n) is 7.83. The minimum Gasteiger partial charge on any atom is -0.457 e. The van der Waals surface area contributed by atoms with Gasteiger partial charge in [0.05, 0.1) is 10.0 Å². The molecule has 4 rings (SSSR count). The number of ether oxygens (including phenoxy) is 1. The van der Waals surface area contributed by atoms with Crippen molar-refractivity contribution in [1.29, 1.82) is 0 Å². The maximum atomic E-state index is 13.3. The average Bonchev–Trinajstić information content (AvgIpc) is 3.25. The molecule has 1 aromatic heterocycles. The zero-order valence-corrected chi connectivity index (χ0v) is 15.1. The predicted molar refractivity (Wildman–Crippen MR) is 101 cm³/mol. The summed E-state index contributed by atoms with van der Waals surface area (Å²) < 4.78 is 24.2. The molecule has 0 aliphatic carbocycles. The molecule has 0 saturated heterocycles. The molecule has 0 fully saturated rings. The van der Waals surface area contributed by atoms with Crippen LogP contribution in [0.2, 0.25) is 10.0 Å². The molecule has 2 aromatic carbocycles. The van der Waals surface area contributed by atoms with Crippen LogP contribution in [0.4, 0.5) is 4.39 Å². The Morgan fingerprint density at radius 3 is 2.59 bits per heavy atom. The Balaban J connectivity index is 1.63. The second-order valence-electron chi connectivity index (χ2n) is 5.68. The van der Waals surface area contributed by atoms with Crippen LogP contribution in [0.5, 0.6) is 0 Å². The molecule has 1 aliphatic heterocycles. The van der Waals surface area contributed by atoms with Crippen molar-refractivity contribution in [3.8, 4) is 11.3 Å². The highest BCUT2D eigenvalue weighted by Crippen LogP contribution is 2.30. The summed E-state index contributed by atoms with van der Waals surface area (Å²) in [5.74, 6) is -0.0712. The number of rotatable bonds is 3. The van der Waals surface area contributed by atoms with Crippen molar-refractivity contribution in [2.75, 3.05) is 0 Å². The van der Waals surface area contributed by atoms with E-state index in [1.807, 2.05) is 0 Å². The van der Waals surface area contributed by atoms with Gasteiger partial charge in [0.25, 0.3) is 0 Å². The molecule has 3 aromatic rings. The molecule has 0 saturated carbocycles. The van der Waals surface area contributed by atoms with Crippen LogP contribution < -0.4 is 0 Å². The smallest absolute Gasteiger partial charge is 0.363 e. The molecule has 0 spiro atoms. The molecule has 0 amide bonds. The highest BCUT2D eigenvalue weighted by atomic mass is 35.5. The van der Waals surface area contributed by atoms with E-state index in [2.05, 4.69) is 4.99 Å². The van der Waals surface area contributed by atoms with Crippen LogP contribution >= 0.6 is 23.2 Å². The molecular weight excluding hydrogens is 392 g/mol. The fourth-order valence-corrected chi connectivity index (χ4v) is 2.82. The Bertz CT molecular complexity index is 1120. The topological polar surface area (TPSA) is 51.8 Å². The third-order valence-electron chi connectivity index (χ3n) is 3.80. The third-order valence-corrected chi connectivity index (χ3v) is 4.54. The van der Waals surface area contributed by atoms with E-state index >= 15 is 0 Å². The number of benzene rings is 2. The first-order valence-corrected chi connectivity index (χ1v) is 8.59. The van der Waals surface area contributed by atoms with Crippen molar-refractivity contribution in [2.45, 2.75) is 0 Å². The lowest BCUT2D eigenvalue weighted by Crippen LogP contribution is -2.05. The summed E-state index contributed by atoms with van der Waals surface area (Å²) >= 11 is 11.9. The van der Waals surface area contributed by atoms with Gasteiger partial charge in [-0.2, -0.15) is 0 Å². The Kier molecular flexibility index (Phi) is 4.56. The molecule has 27 heavy (non-hydrogen) atoms. The van der Waals surface area contributed by atoms with Gasteiger partial charge in [0.15, 0.2) is 5.70 Å². The van der Waals surface area contributed by atoms with Gasteiger partial charge in [0.1, 0.15) is 17.3 Å². The first kappa shape index (κ1) is 17.5. The maximum absolute atomic E-state index is 13.3. The zero-order chi connectivity index (χ0) is 19.0. The first-order chi connectivity index (χ1) is 13.0. The molecule has 0 atom stereocenters. The van der Waals surface area contributed by atoms with Crippen molar-refractivity contribution < 1.29 is 18.3 Å². The largest absolute Gasteiger partial charge is 0.457 e. The van der Waals surface area contributed by atoms with Crippen molar-refractivity contribution in [3.63, 3.8) is 0 Å². The molecule has 7 heteroatoms. The zero-order valence-electron chi connectivity index (χ0n) is 13.6. The molecule has 4 nitrogen and oxygen atoms in total. The lowest BCUT2D eigenvalue weighted by molar-refractivity contribution is -0.129. The van der Waals surface area contributed by atoms with Crippen LogP contribution in [0, 0.1) is 5.82 Å². The quantitative estimate of drug-likeness (QED) is 0.415. The number of carbonyl (C=O) groups excluding carboxylic acids is 1. The van der Waals surface area contributed by atoms with Gasteiger partial charge >= 0.3 is 5.97 Å². The van der Waals surface area contributed by atoms with Crippen molar-refractivity contribution >= 4 is 41.1 Å². The van der Waals surface area contributed by atoms with Gasteiger partial charge in [-0.25, -0.2) is 14.2 Å². The van der Waals surface area contributed by atoms with E-state index in [9.17, 15) is 9.18 Å². The molecule has 0 unspecified atom stereocenters. The molecular formula is C20H10Cl2FNO3. The average molecular weight is 402 g/mol. The number of hydrogen-bond acceptors (Lipinski definition) is 4. The van der Waals surface area contributed by atoms with Crippen LogP contribution in [0.15, 0.2) is 69.7 Å². The Morgan fingerprint density at radius 1 is 0.963 bits per heavy atom. The predicted octanol–water partition coefficient (Wildman–Crippen LogP) is 5.74. The molecule has 1 aliphatic rings. The summed E-state index contributed by atoms with van der Waals surface area (Å²) in [7, 11) is 0. The lowest BCUT2D eigenvalue weighted by Gasteiger charge is -1.99. The van der Waals surface area contributed by atoms with Gasteiger partial charge in [0, 0.05) is 17.2 Å². The van der Waals surface area contributed by atoms with Crippen molar-refractivity contribution in [1.82, 2.24) is 0 Å². The number of carbonyl (C=O) groups is 1. The van der Waals surface area contributed by atoms with Gasteiger partial charge in [-0.05, 0) is 48.5 Å². The molecule has 0 radical (unpaired) electrons. The summed E-state index contributed by atoms with van der Waals surface area (Å²) in [6.45, 7) is 0. The van der Waals surface area contributed by atoms with E-state index in [0.29, 0.717) is 27.1 Å². The number of hydrogen-bond donors (Lipinski definition) is 0. The summed E-state index contributed by atoms with van der Waals surface area (Å²) in [4.78, 5) is 16.2. The van der Waals surface area contributed by atoms with Crippen LogP contribution in [0.3, 0.4) is 0 Å². The highest BCUT2D eigenvalue weighted by Gasteiger charge is 2.24. The maximum Gasteiger partial charge on any atom is 0.363 e. The van der Waals surface area contributed by atoms with Crippen LogP contribution in [-0.2, 0) is 9.53 Å². The van der Waals surface area contributed by atoms with Crippen LogP contribution in [0.25, 0.3) is 17.4 Å². The van der Waals surface area contributed by atoms with E-state index in [1.165, 1.54) is 24.3 Å². The second kappa shape index (κ2) is 7.02. The SMILES string of the molecule is O=C1OC(c2cccc(F)c2)=N/C1=C\c1ccc(-c2ccc(Cl)c(Cl)c2)o1. The van der Waals surface area contributed by atoms with E-state index in [-0.39, 0.29) is 11.6 Å². The summed E-state index contributed by atoms with van der Waals surface area (Å²) in [6, 6.07) is 14.2. The monoisotopic (exact) mass is 401 g/mol. The Hall–Kier alpha value is -2.89. The fraction of sp³-hybridized carbons (Fsp3) is 0. The number of furan rings is 1. The molecule has 0 bridgehead atoms. The van der Waals surface area contributed by atoms with E-state index in [4.69, 9.17) is 32.4 Å². The molecule has 0 N–H and O–H groups in total. The van der Waals surface area contributed by atoms with E-state index in [1.54, 1.807) is 36.4 Å². The van der Waals surface area contributed by atoms with Crippen molar-refractivity contribution in [2.24, 2.45) is 4.99 Å². The third kappa shape index (κ3) is 3.65. The summed E-state index contributed by atoms with van der Waals surface area (Å²) in [5, 5.41) is 0.858. The Morgan fingerprint density at radius 2 is 1.81 bits per heavy atom. The Labute approximate surface area is 163 Å². The van der Waals surface area contributed by atoms with Gasteiger partial charge in [-0.15, -0.1) is 0 Å². The minimum atomic E-state index is -0.637. The number of esters is 1. The van der Waals surface area contributed by atoms with Gasteiger partial charge in [0.2, 0.25) is 5.90 Å². The van der Waals surface area contributed by atoms with Gasteiger partial charge in [-0.3, -0.25) is 0 Å². The lowest BCUT2D eigenvalue weighted by atomic mass is 10.2. The number of aliphatic imine (C=N–C) groups is 1. The standard InChI is InChI=1S/C20H10Cl2FNO3/c21-15-6-4-11(9-16(15)22)18-7-5-14(26-18)10-17-20(25)27-19(24-17)12-2-1-3-13(23)8-12/h1-10H/b17-10-. The number of halogens is 3. The van der Waals surface area contributed by atoms with E-state index in [0.717, 1.165) is 5.56 Å². The number of cyclic esters (lactones) is 1. The van der Waals surface area contributed by atoms with Gasteiger partial charge in [-0.1, -0.05) is 29.3 Å². The van der Waals surface area contributed by atoms with E-state index < -0.39 is 11.8 Å². The van der Waals surface area contributed by atoms with Crippen LogP contribution in [0.1, 0.15) is 11.3 Å².